The minimum absolute atomic E-state index is 0.0670. The van der Waals surface area contributed by atoms with E-state index in [2.05, 4.69) is 14.9 Å². The second-order valence-electron chi connectivity index (χ2n) is 3.59. The first-order chi connectivity index (χ1) is 8.90. The molecule has 19 heavy (non-hydrogen) atoms. The van der Waals surface area contributed by atoms with Crippen molar-refractivity contribution in [1.29, 1.82) is 0 Å². The number of aromatic amines is 1. The average molecular weight is 301 g/mol. The van der Waals surface area contributed by atoms with Crippen molar-refractivity contribution >= 4 is 33.2 Å². The van der Waals surface area contributed by atoms with E-state index in [9.17, 15) is 13.2 Å². The summed E-state index contributed by atoms with van der Waals surface area (Å²) in [5, 5.41) is 5.87. The third kappa shape index (κ3) is 2.85. The van der Waals surface area contributed by atoms with Crippen LogP contribution in [0.5, 0.6) is 0 Å². The maximum absolute atomic E-state index is 11.9. The summed E-state index contributed by atoms with van der Waals surface area (Å²) in [6.45, 7) is 0. The topological polar surface area (TPSA) is 118 Å². The Hall–Kier alpha value is -2.06. The zero-order chi connectivity index (χ0) is 14.0. The molecule has 1 amide bonds. The van der Waals surface area contributed by atoms with E-state index in [-0.39, 0.29) is 21.3 Å². The standard InChI is InChI=1S/C10H9ClN4O3S/c11-8-5-6(1-2-7(8)10(12)16)15-19(17,18)9-3-4-13-14-9/h1-5,15H,(H2,12,16)(H,13,14). The predicted molar refractivity (Wildman–Crippen MR) is 69.4 cm³/mol. The van der Waals surface area contributed by atoms with Gasteiger partial charge >= 0.3 is 0 Å². The van der Waals surface area contributed by atoms with Gasteiger partial charge in [0.15, 0.2) is 5.03 Å². The van der Waals surface area contributed by atoms with E-state index in [1.54, 1.807) is 0 Å². The summed E-state index contributed by atoms with van der Waals surface area (Å²) >= 11 is 5.82. The van der Waals surface area contributed by atoms with Gasteiger partial charge in [-0.1, -0.05) is 11.6 Å². The lowest BCUT2D eigenvalue weighted by molar-refractivity contribution is 0.100. The molecule has 0 unspecified atom stereocenters. The summed E-state index contributed by atoms with van der Waals surface area (Å²) in [4.78, 5) is 11.0. The minimum atomic E-state index is -3.76. The van der Waals surface area contributed by atoms with Crippen LogP contribution in [-0.2, 0) is 10.0 Å². The molecule has 0 radical (unpaired) electrons. The Bertz CT molecular complexity index is 712. The second kappa shape index (κ2) is 4.90. The van der Waals surface area contributed by atoms with Crippen LogP contribution in [0.4, 0.5) is 5.69 Å². The molecule has 0 fully saturated rings. The Morgan fingerprint density at radius 3 is 2.63 bits per heavy atom. The Labute approximate surface area is 113 Å². The van der Waals surface area contributed by atoms with Crippen molar-refractivity contribution in [2.45, 2.75) is 5.03 Å². The molecule has 0 aliphatic rings. The van der Waals surface area contributed by atoms with Gasteiger partial charge in [-0.25, -0.2) is 0 Å². The fourth-order valence-electron chi connectivity index (χ4n) is 1.38. The van der Waals surface area contributed by atoms with E-state index in [4.69, 9.17) is 17.3 Å². The number of nitrogens with two attached hydrogens (primary N) is 1. The Balaban J connectivity index is 2.30. The molecule has 7 nitrogen and oxygen atoms in total. The van der Waals surface area contributed by atoms with Crippen LogP contribution < -0.4 is 10.5 Å². The summed E-state index contributed by atoms with van der Waals surface area (Å²) in [5.74, 6) is -0.687. The van der Waals surface area contributed by atoms with Crippen LogP contribution in [-0.4, -0.2) is 24.5 Å². The summed E-state index contributed by atoms with van der Waals surface area (Å²) in [7, 11) is -3.76. The zero-order valence-corrected chi connectivity index (χ0v) is 11.0. The number of nitrogens with one attached hydrogen (secondary N) is 2. The van der Waals surface area contributed by atoms with Gasteiger partial charge in [0.2, 0.25) is 5.91 Å². The lowest BCUT2D eigenvalue weighted by Gasteiger charge is -2.07. The zero-order valence-electron chi connectivity index (χ0n) is 9.42. The van der Waals surface area contributed by atoms with Gasteiger partial charge in [-0.3, -0.25) is 14.6 Å². The molecule has 0 atom stereocenters. The highest BCUT2D eigenvalue weighted by atomic mass is 35.5. The summed E-state index contributed by atoms with van der Waals surface area (Å²) in [6.07, 6.45) is 1.32. The number of aromatic nitrogens is 2. The second-order valence-corrected chi connectivity index (χ2v) is 5.64. The number of sulfonamides is 1. The highest BCUT2D eigenvalue weighted by Crippen LogP contribution is 2.22. The largest absolute Gasteiger partial charge is 0.366 e. The van der Waals surface area contributed by atoms with Crippen LogP contribution >= 0.6 is 11.6 Å². The molecule has 0 aliphatic carbocycles. The normalized spacial score (nSPS) is 11.2. The SMILES string of the molecule is NC(=O)c1ccc(NS(=O)(=O)c2ccn[nH]2)cc1Cl. The molecule has 0 saturated heterocycles. The van der Waals surface area contributed by atoms with Crippen molar-refractivity contribution < 1.29 is 13.2 Å². The van der Waals surface area contributed by atoms with Crippen LogP contribution in [0.25, 0.3) is 0 Å². The molecule has 1 heterocycles. The molecule has 0 aliphatic heterocycles. The monoisotopic (exact) mass is 300 g/mol. The van der Waals surface area contributed by atoms with Gasteiger partial charge in [0.05, 0.1) is 22.5 Å². The van der Waals surface area contributed by atoms with Crippen molar-refractivity contribution in [3.05, 3.63) is 41.0 Å². The van der Waals surface area contributed by atoms with Gasteiger partial charge in [-0.05, 0) is 24.3 Å². The van der Waals surface area contributed by atoms with Gasteiger partial charge in [0.1, 0.15) is 0 Å². The van der Waals surface area contributed by atoms with Gasteiger partial charge in [0.25, 0.3) is 10.0 Å². The fourth-order valence-corrected chi connectivity index (χ4v) is 2.62. The number of carbonyl (C=O) groups is 1. The first-order valence-electron chi connectivity index (χ1n) is 5.02. The average Bonchev–Trinajstić information content (AvgIpc) is 2.81. The smallest absolute Gasteiger partial charge is 0.278 e. The van der Waals surface area contributed by atoms with E-state index >= 15 is 0 Å². The minimum Gasteiger partial charge on any atom is -0.366 e. The number of hydrogen-bond acceptors (Lipinski definition) is 4. The van der Waals surface area contributed by atoms with Crippen molar-refractivity contribution in [2.24, 2.45) is 5.73 Å². The van der Waals surface area contributed by atoms with Crippen LogP contribution in [0.15, 0.2) is 35.5 Å². The van der Waals surface area contributed by atoms with Crippen LogP contribution in [0, 0.1) is 0 Å². The Morgan fingerprint density at radius 2 is 2.11 bits per heavy atom. The van der Waals surface area contributed by atoms with Crippen molar-refractivity contribution in [3.8, 4) is 0 Å². The molecule has 0 saturated carbocycles. The van der Waals surface area contributed by atoms with Gasteiger partial charge in [-0.15, -0.1) is 0 Å². The van der Waals surface area contributed by atoms with Crippen LogP contribution in [0.2, 0.25) is 5.02 Å². The van der Waals surface area contributed by atoms with E-state index in [1.807, 2.05) is 0 Å². The molecular formula is C10H9ClN4O3S. The van der Waals surface area contributed by atoms with E-state index in [0.717, 1.165) is 0 Å². The molecule has 2 rings (SSSR count). The fraction of sp³-hybridized carbons (Fsp3) is 0. The van der Waals surface area contributed by atoms with Crippen molar-refractivity contribution in [2.75, 3.05) is 4.72 Å². The summed E-state index contributed by atoms with van der Waals surface area (Å²) in [6, 6.07) is 5.34. The molecule has 100 valence electrons. The molecule has 1 aromatic carbocycles. The first-order valence-corrected chi connectivity index (χ1v) is 6.88. The Kier molecular flexibility index (Phi) is 3.45. The number of rotatable bonds is 4. The maximum Gasteiger partial charge on any atom is 0.278 e. The quantitative estimate of drug-likeness (QED) is 0.779. The molecule has 0 spiro atoms. The highest BCUT2D eigenvalue weighted by Gasteiger charge is 2.16. The number of anilines is 1. The molecule has 0 bridgehead atoms. The molecule has 9 heteroatoms. The van der Waals surface area contributed by atoms with Gasteiger partial charge in [0, 0.05) is 0 Å². The van der Waals surface area contributed by atoms with Crippen LogP contribution in [0.3, 0.4) is 0 Å². The van der Waals surface area contributed by atoms with E-state index in [0.29, 0.717) is 0 Å². The van der Waals surface area contributed by atoms with Crippen molar-refractivity contribution in [3.63, 3.8) is 0 Å². The van der Waals surface area contributed by atoms with E-state index < -0.39 is 15.9 Å². The number of carbonyl (C=O) groups excluding carboxylic acids is 1. The molecular weight excluding hydrogens is 292 g/mol. The lowest BCUT2D eigenvalue weighted by Crippen LogP contribution is -2.15. The summed E-state index contributed by atoms with van der Waals surface area (Å²) < 4.78 is 26.0. The number of halogens is 1. The Morgan fingerprint density at radius 1 is 1.37 bits per heavy atom. The molecule has 4 N–H and O–H groups in total. The number of benzene rings is 1. The van der Waals surface area contributed by atoms with Crippen molar-refractivity contribution in [1.82, 2.24) is 10.2 Å². The van der Waals surface area contributed by atoms with Gasteiger partial charge < -0.3 is 5.73 Å². The maximum atomic E-state index is 11.9. The number of H-pyrrole nitrogens is 1. The number of primary amides is 1. The van der Waals surface area contributed by atoms with E-state index in [1.165, 1.54) is 30.5 Å². The first kappa shape index (κ1) is 13.4. The van der Waals surface area contributed by atoms with Gasteiger partial charge in [-0.2, -0.15) is 13.5 Å². The highest BCUT2D eigenvalue weighted by molar-refractivity contribution is 7.92. The molecule has 1 aromatic heterocycles. The third-order valence-electron chi connectivity index (χ3n) is 2.25. The number of amides is 1. The predicted octanol–water partition coefficient (Wildman–Crippen LogP) is 0.963. The number of hydrogen-bond donors (Lipinski definition) is 3. The molecule has 2 aromatic rings. The summed E-state index contributed by atoms with van der Waals surface area (Å²) in [5.41, 5.74) is 5.42. The number of nitrogens with zero attached hydrogens (tertiary/aromatic N) is 1. The van der Waals surface area contributed by atoms with Crippen LogP contribution in [0.1, 0.15) is 10.4 Å². The third-order valence-corrected chi connectivity index (χ3v) is 3.88. The lowest BCUT2D eigenvalue weighted by atomic mass is 10.2.